The zero-order valence-electron chi connectivity index (χ0n) is 8.15. The molecule has 0 bridgehead atoms. The first-order valence-corrected chi connectivity index (χ1v) is 4.38. The Balaban J connectivity index is 2.75. The number of hydrogen-bond donors (Lipinski definition) is 0. The minimum absolute atomic E-state index is 0.121. The van der Waals surface area contributed by atoms with Crippen molar-refractivity contribution >= 4 is 5.65 Å². The Labute approximate surface area is 77.4 Å². The van der Waals surface area contributed by atoms with Crippen molar-refractivity contribution in [3.8, 4) is 0 Å². The van der Waals surface area contributed by atoms with E-state index in [9.17, 15) is 0 Å². The third kappa shape index (κ3) is 1.30. The summed E-state index contributed by atoms with van der Waals surface area (Å²) in [6.45, 7) is 6.53. The highest BCUT2D eigenvalue weighted by Gasteiger charge is 2.17. The van der Waals surface area contributed by atoms with Crippen LogP contribution in [0, 0.1) is 0 Å². The van der Waals surface area contributed by atoms with Gasteiger partial charge in [-0.1, -0.05) is 26.8 Å². The SMILES string of the molecule is CC(C)(C)c1cccn2ncnc12. The normalized spacial score (nSPS) is 12.2. The first-order valence-electron chi connectivity index (χ1n) is 4.38. The van der Waals surface area contributed by atoms with E-state index in [2.05, 4.69) is 36.9 Å². The molecule has 68 valence electrons. The Hall–Kier alpha value is -1.38. The average Bonchev–Trinajstić information content (AvgIpc) is 2.48. The highest BCUT2D eigenvalue weighted by Crippen LogP contribution is 2.24. The van der Waals surface area contributed by atoms with Crippen LogP contribution in [0.1, 0.15) is 26.3 Å². The Morgan fingerprint density at radius 3 is 2.77 bits per heavy atom. The highest BCUT2D eigenvalue weighted by molar-refractivity contribution is 5.49. The quantitative estimate of drug-likeness (QED) is 0.613. The smallest absolute Gasteiger partial charge is 0.158 e. The Morgan fingerprint density at radius 1 is 1.31 bits per heavy atom. The van der Waals surface area contributed by atoms with Crippen LogP contribution in [-0.4, -0.2) is 14.6 Å². The lowest BCUT2D eigenvalue weighted by Crippen LogP contribution is -2.13. The molecule has 0 N–H and O–H groups in total. The second-order valence-electron chi connectivity index (χ2n) is 4.20. The van der Waals surface area contributed by atoms with E-state index in [4.69, 9.17) is 0 Å². The first-order chi connectivity index (χ1) is 6.09. The molecule has 0 saturated heterocycles. The zero-order valence-corrected chi connectivity index (χ0v) is 8.15. The Kier molecular flexibility index (Phi) is 1.62. The zero-order chi connectivity index (χ0) is 9.47. The van der Waals surface area contributed by atoms with Gasteiger partial charge in [-0.25, -0.2) is 9.50 Å². The number of hydrogen-bond acceptors (Lipinski definition) is 2. The van der Waals surface area contributed by atoms with Gasteiger partial charge in [0.2, 0.25) is 0 Å². The Bertz CT molecular complexity index is 423. The van der Waals surface area contributed by atoms with Gasteiger partial charge in [0.1, 0.15) is 6.33 Å². The highest BCUT2D eigenvalue weighted by atomic mass is 15.3. The molecule has 0 atom stereocenters. The molecule has 3 heteroatoms. The fourth-order valence-corrected chi connectivity index (χ4v) is 1.43. The van der Waals surface area contributed by atoms with Gasteiger partial charge in [-0.2, -0.15) is 5.10 Å². The van der Waals surface area contributed by atoms with Crippen LogP contribution in [0.25, 0.3) is 5.65 Å². The van der Waals surface area contributed by atoms with E-state index in [0.717, 1.165) is 5.65 Å². The summed E-state index contributed by atoms with van der Waals surface area (Å²) >= 11 is 0. The summed E-state index contributed by atoms with van der Waals surface area (Å²) in [5.74, 6) is 0. The van der Waals surface area contributed by atoms with E-state index in [1.165, 1.54) is 5.56 Å². The largest absolute Gasteiger partial charge is 0.221 e. The first kappa shape index (κ1) is 8.23. The van der Waals surface area contributed by atoms with Crippen LogP contribution in [0.15, 0.2) is 24.7 Å². The fraction of sp³-hybridized carbons (Fsp3) is 0.400. The van der Waals surface area contributed by atoms with Crippen LogP contribution >= 0.6 is 0 Å². The number of pyridine rings is 1. The van der Waals surface area contributed by atoms with Gasteiger partial charge in [0.05, 0.1) is 0 Å². The molecular formula is C10H13N3. The van der Waals surface area contributed by atoms with Crippen LogP contribution in [0.5, 0.6) is 0 Å². The van der Waals surface area contributed by atoms with Crippen molar-refractivity contribution in [1.82, 2.24) is 14.6 Å². The molecule has 0 fully saturated rings. The molecule has 0 aromatic carbocycles. The topological polar surface area (TPSA) is 30.2 Å². The standard InChI is InChI=1S/C10H13N3/c1-10(2,3)8-5-4-6-13-9(8)11-7-12-13/h4-7H,1-3H3. The summed E-state index contributed by atoms with van der Waals surface area (Å²) < 4.78 is 1.81. The molecule has 0 saturated carbocycles. The van der Waals surface area contributed by atoms with Crippen LogP contribution in [0.4, 0.5) is 0 Å². The van der Waals surface area contributed by atoms with E-state index >= 15 is 0 Å². The molecule has 2 aromatic heterocycles. The molecule has 0 aliphatic heterocycles. The molecule has 0 radical (unpaired) electrons. The molecule has 2 aromatic rings. The number of aromatic nitrogens is 3. The van der Waals surface area contributed by atoms with Crippen LogP contribution < -0.4 is 0 Å². The van der Waals surface area contributed by atoms with Gasteiger partial charge in [-0.15, -0.1) is 0 Å². The molecule has 2 heterocycles. The molecular weight excluding hydrogens is 162 g/mol. The van der Waals surface area contributed by atoms with Gasteiger partial charge in [-0.05, 0) is 11.5 Å². The van der Waals surface area contributed by atoms with Gasteiger partial charge in [0.25, 0.3) is 0 Å². The minimum atomic E-state index is 0.121. The van der Waals surface area contributed by atoms with E-state index in [0.29, 0.717) is 0 Å². The van der Waals surface area contributed by atoms with Gasteiger partial charge < -0.3 is 0 Å². The third-order valence-corrected chi connectivity index (χ3v) is 2.11. The second-order valence-corrected chi connectivity index (χ2v) is 4.20. The van der Waals surface area contributed by atoms with E-state index in [-0.39, 0.29) is 5.41 Å². The number of rotatable bonds is 0. The second kappa shape index (κ2) is 2.55. The lowest BCUT2D eigenvalue weighted by molar-refractivity contribution is 0.591. The lowest BCUT2D eigenvalue weighted by atomic mass is 9.88. The van der Waals surface area contributed by atoms with E-state index < -0.39 is 0 Å². The summed E-state index contributed by atoms with van der Waals surface area (Å²) in [5.41, 5.74) is 2.30. The summed E-state index contributed by atoms with van der Waals surface area (Å²) in [5, 5.41) is 4.10. The van der Waals surface area contributed by atoms with Crippen molar-refractivity contribution in [2.75, 3.05) is 0 Å². The summed E-state index contributed by atoms with van der Waals surface area (Å²) in [7, 11) is 0. The maximum atomic E-state index is 4.24. The Morgan fingerprint density at radius 2 is 2.08 bits per heavy atom. The number of fused-ring (bicyclic) bond motifs is 1. The van der Waals surface area contributed by atoms with Crippen molar-refractivity contribution < 1.29 is 0 Å². The maximum Gasteiger partial charge on any atom is 0.158 e. The monoisotopic (exact) mass is 175 g/mol. The molecule has 3 nitrogen and oxygen atoms in total. The predicted molar refractivity (Wildman–Crippen MR) is 51.7 cm³/mol. The molecule has 0 aliphatic carbocycles. The fourth-order valence-electron chi connectivity index (χ4n) is 1.43. The van der Waals surface area contributed by atoms with E-state index in [1.807, 2.05) is 12.3 Å². The van der Waals surface area contributed by atoms with Gasteiger partial charge in [0, 0.05) is 11.8 Å². The molecule has 2 rings (SSSR count). The van der Waals surface area contributed by atoms with Crippen LogP contribution in [-0.2, 0) is 5.41 Å². The van der Waals surface area contributed by atoms with Crippen molar-refractivity contribution in [3.05, 3.63) is 30.2 Å². The number of nitrogens with zero attached hydrogens (tertiary/aromatic N) is 3. The van der Waals surface area contributed by atoms with E-state index in [1.54, 1.807) is 10.8 Å². The maximum absolute atomic E-state index is 4.24. The minimum Gasteiger partial charge on any atom is -0.221 e. The average molecular weight is 175 g/mol. The molecule has 0 spiro atoms. The summed E-state index contributed by atoms with van der Waals surface area (Å²) in [4.78, 5) is 4.24. The lowest BCUT2D eigenvalue weighted by Gasteiger charge is -2.18. The van der Waals surface area contributed by atoms with Gasteiger partial charge in [0.15, 0.2) is 5.65 Å². The van der Waals surface area contributed by atoms with Crippen molar-refractivity contribution in [2.24, 2.45) is 0 Å². The molecule has 0 amide bonds. The van der Waals surface area contributed by atoms with Crippen molar-refractivity contribution in [3.63, 3.8) is 0 Å². The predicted octanol–water partition coefficient (Wildman–Crippen LogP) is 2.03. The van der Waals surface area contributed by atoms with Gasteiger partial charge in [-0.3, -0.25) is 0 Å². The van der Waals surface area contributed by atoms with Crippen LogP contribution in [0.3, 0.4) is 0 Å². The van der Waals surface area contributed by atoms with Crippen molar-refractivity contribution in [2.45, 2.75) is 26.2 Å². The summed E-state index contributed by atoms with van der Waals surface area (Å²) in [6, 6.07) is 4.10. The van der Waals surface area contributed by atoms with Crippen molar-refractivity contribution in [1.29, 1.82) is 0 Å². The van der Waals surface area contributed by atoms with Gasteiger partial charge >= 0.3 is 0 Å². The molecule has 0 aliphatic rings. The van der Waals surface area contributed by atoms with Crippen LogP contribution in [0.2, 0.25) is 0 Å². The summed E-state index contributed by atoms with van der Waals surface area (Å²) in [6.07, 6.45) is 3.50. The third-order valence-electron chi connectivity index (χ3n) is 2.11. The molecule has 13 heavy (non-hydrogen) atoms. The molecule has 0 unspecified atom stereocenters.